The maximum Gasteiger partial charge on any atom is 0.308 e. The molecule has 106 valence electrons. The topological polar surface area (TPSA) is 79.5 Å². The molecule has 1 unspecified atom stereocenters. The molecule has 1 aromatic heterocycles. The standard InChI is InChI=1S/C15H17NO4/c1-2-5-10(15(18)19)8-16-14(17)12-9-20-13-7-4-3-6-11(12)13/h3-4,6-7,9-10H,2,5,8H2,1H3,(H,16,17)(H,18,19). The first-order valence-corrected chi connectivity index (χ1v) is 6.60. The second-order valence-electron chi connectivity index (χ2n) is 4.68. The van der Waals surface area contributed by atoms with Crippen molar-refractivity contribution in [2.24, 2.45) is 5.92 Å². The van der Waals surface area contributed by atoms with E-state index in [0.717, 1.165) is 11.8 Å². The van der Waals surface area contributed by atoms with Crippen molar-refractivity contribution in [3.8, 4) is 0 Å². The lowest BCUT2D eigenvalue weighted by atomic mass is 10.0. The first kappa shape index (κ1) is 14.1. The van der Waals surface area contributed by atoms with E-state index in [1.54, 1.807) is 12.1 Å². The number of para-hydroxylation sites is 1. The van der Waals surface area contributed by atoms with Crippen LogP contribution < -0.4 is 5.32 Å². The number of aliphatic carboxylic acids is 1. The van der Waals surface area contributed by atoms with Crippen molar-refractivity contribution < 1.29 is 19.1 Å². The maximum absolute atomic E-state index is 12.1. The zero-order chi connectivity index (χ0) is 14.5. The van der Waals surface area contributed by atoms with E-state index in [2.05, 4.69) is 5.32 Å². The van der Waals surface area contributed by atoms with Crippen molar-refractivity contribution in [3.05, 3.63) is 36.1 Å². The Kier molecular flexibility index (Phi) is 4.40. The van der Waals surface area contributed by atoms with Gasteiger partial charge in [0.15, 0.2) is 0 Å². The van der Waals surface area contributed by atoms with Crippen LogP contribution in [0.3, 0.4) is 0 Å². The van der Waals surface area contributed by atoms with Gasteiger partial charge in [0, 0.05) is 11.9 Å². The molecular formula is C15H17NO4. The number of benzene rings is 1. The van der Waals surface area contributed by atoms with Gasteiger partial charge in [-0.3, -0.25) is 9.59 Å². The molecule has 0 saturated heterocycles. The molecule has 0 aliphatic carbocycles. The zero-order valence-corrected chi connectivity index (χ0v) is 11.3. The Morgan fingerprint density at radius 1 is 1.35 bits per heavy atom. The lowest BCUT2D eigenvalue weighted by Gasteiger charge is -2.11. The number of hydrogen-bond donors (Lipinski definition) is 2. The highest BCUT2D eigenvalue weighted by Crippen LogP contribution is 2.20. The second-order valence-corrected chi connectivity index (χ2v) is 4.68. The Balaban J connectivity index is 2.06. The molecule has 1 aromatic carbocycles. The van der Waals surface area contributed by atoms with Gasteiger partial charge in [0.25, 0.3) is 5.91 Å². The minimum atomic E-state index is -0.885. The van der Waals surface area contributed by atoms with Gasteiger partial charge in [0.05, 0.1) is 11.5 Å². The van der Waals surface area contributed by atoms with Gasteiger partial charge in [0.1, 0.15) is 11.8 Å². The van der Waals surface area contributed by atoms with Crippen LogP contribution in [0.5, 0.6) is 0 Å². The summed E-state index contributed by atoms with van der Waals surface area (Å²) in [6.45, 7) is 2.04. The molecule has 2 N–H and O–H groups in total. The molecule has 0 fully saturated rings. The number of rotatable bonds is 6. The van der Waals surface area contributed by atoms with Crippen LogP contribution in [-0.2, 0) is 4.79 Å². The molecule has 5 nitrogen and oxygen atoms in total. The van der Waals surface area contributed by atoms with Gasteiger partial charge in [-0.2, -0.15) is 0 Å². The summed E-state index contributed by atoms with van der Waals surface area (Å²) >= 11 is 0. The van der Waals surface area contributed by atoms with Crippen LogP contribution >= 0.6 is 0 Å². The van der Waals surface area contributed by atoms with Crippen LogP contribution in [0.15, 0.2) is 34.9 Å². The number of amides is 1. The zero-order valence-electron chi connectivity index (χ0n) is 11.3. The second kappa shape index (κ2) is 6.23. The minimum Gasteiger partial charge on any atom is -0.481 e. The molecule has 0 saturated carbocycles. The van der Waals surface area contributed by atoms with Crippen LogP contribution in [-0.4, -0.2) is 23.5 Å². The molecular weight excluding hydrogens is 258 g/mol. The minimum absolute atomic E-state index is 0.127. The number of nitrogens with one attached hydrogen (secondary N) is 1. The molecule has 2 rings (SSSR count). The monoisotopic (exact) mass is 275 g/mol. The Morgan fingerprint density at radius 2 is 2.10 bits per heavy atom. The summed E-state index contributed by atoms with van der Waals surface area (Å²) < 4.78 is 5.29. The Morgan fingerprint density at radius 3 is 2.80 bits per heavy atom. The highest BCUT2D eigenvalue weighted by atomic mass is 16.4. The van der Waals surface area contributed by atoms with Gasteiger partial charge >= 0.3 is 5.97 Å². The molecule has 0 aliphatic rings. The number of fused-ring (bicyclic) bond motifs is 1. The summed E-state index contributed by atoms with van der Waals surface area (Å²) in [6.07, 6.45) is 2.71. The predicted molar refractivity (Wildman–Crippen MR) is 74.6 cm³/mol. The van der Waals surface area contributed by atoms with E-state index in [1.807, 2.05) is 19.1 Å². The summed E-state index contributed by atoms with van der Waals surface area (Å²) in [5, 5.41) is 12.4. The predicted octanol–water partition coefficient (Wildman–Crippen LogP) is 2.66. The summed E-state index contributed by atoms with van der Waals surface area (Å²) in [6, 6.07) is 7.23. The number of carboxylic acids is 1. The van der Waals surface area contributed by atoms with Crippen molar-refractivity contribution >= 4 is 22.8 Å². The normalized spacial score (nSPS) is 12.2. The Bertz CT molecular complexity index is 617. The maximum atomic E-state index is 12.1. The molecule has 1 heterocycles. The fourth-order valence-corrected chi connectivity index (χ4v) is 2.13. The third kappa shape index (κ3) is 2.99. The summed E-state index contributed by atoms with van der Waals surface area (Å²) in [4.78, 5) is 23.1. The molecule has 0 spiro atoms. The Labute approximate surface area is 116 Å². The van der Waals surface area contributed by atoms with Crippen LogP contribution in [0.4, 0.5) is 0 Å². The summed E-state index contributed by atoms with van der Waals surface area (Å²) in [5.41, 5.74) is 1.07. The van der Waals surface area contributed by atoms with E-state index in [4.69, 9.17) is 9.52 Å². The molecule has 0 aliphatic heterocycles. The van der Waals surface area contributed by atoms with Gasteiger partial charge in [-0.15, -0.1) is 0 Å². The number of carboxylic acid groups (broad SMARTS) is 1. The van der Waals surface area contributed by atoms with E-state index in [9.17, 15) is 9.59 Å². The van der Waals surface area contributed by atoms with Crippen LogP contribution in [0.2, 0.25) is 0 Å². The number of furan rings is 1. The van der Waals surface area contributed by atoms with Crippen LogP contribution in [0.25, 0.3) is 11.0 Å². The van der Waals surface area contributed by atoms with Gasteiger partial charge < -0.3 is 14.8 Å². The molecule has 1 atom stereocenters. The van der Waals surface area contributed by atoms with E-state index < -0.39 is 11.9 Å². The smallest absolute Gasteiger partial charge is 0.308 e. The third-order valence-corrected chi connectivity index (χ3v) is 3.22. The van der Waals surface area contributed by atoms with Crippen molar-refractivity contribution in [1.29, 1.82) is 0 Å². The first-order chi connectivity index (χ1) is 9.63. The fraction of sp³-hybridized carbons (Fsp3) is 0.333. The number of carbonyl (C=O) groups is 2. The molecule has 1 amide bonds. The van der Waals surface area contributed by atoms with Crippen molar-refractivity contribution in [2.75, 3.05) is 6.54 Å². The lowest BCUT2D eigenvalue weighted by molar-refractivity contribution is -0.141. The number of carbonyl (C=O) groups excluding carboxylic acids is 1. The van der Waals surface area contributed by atoms with E-state index in [0.29, 0.717) is 17.6 Å². The van der Waals surface area contributed by atoms with Crippen molar-refractivity contribution in [3.63, 3.8) is 0 Å². The fourth-order valence-electron chi connectivity index (χ4n) is 2.13. The third-order valence-electron chi connectivity index (χ3n) is 3.22. The molecule has 0 bridgehead atoms. The average molecular weight is 275 g/mol. The van der Waals surface area contributed by atoms with Gasteiger partial charge in [-0.1, -0.05) is 31.5 Å². The highest BCUT2D eigenvalue weighted by Gasteiger charge is 2.19. The first-order valence-electron chi connectivity index (χ1n) is 6.60. The largest absolute Gasteiger partial charge is 0.481 e. The SMILES string of the molecule is CCCC(CNC(=O)c1coc2ccccc12)C(=O)O. The van der Waals surface area contributed by atoms with Crippen molar-refractivity contribution in [2.45, 2.75) is 19.8 Å². The van der Waals surface area contributed by atoms with E-state index in [1.165, 1.54) is 6.26 Å². The summed E-state index contributed by atoms with van der Waals surface area (Å²) in [5.74, 6) is -1.75. The van der Waals surface area contributed by atoms with Gasteiger partial charge in [-0.05, 0) is 12.5 Å². The average Bonchev–Trinajstić information content (AvgIpc) is 2.86. The summed E-state index contributed by atoms with van der Waals surface area (Å²) in [7, 11) is 0. The molecule has 20 heavy (non-hydrogen) atoms. The number of hydrogen-bond acceptors (Lipinski definition) is 3. The van der Waals surface area contributed by atoms with Crippen molar-refractivity contribution in [1.82, 2.24) is 5.32 Å². The van der Waals surface area contributed by atoms with E-state index >= 15 is 0 Å². The quantitative estimate of drug-likeness (QED) is 0.849. The lowest BCUT2D eigenvalue weighted by Crippen LogP contribution is -2.32. The Hall–Kier alpha value is -2.30. The molecule has 5 heteroatoms. The van der Waals surface area contributed by atoms with Gasteiger partial charge in [0.2, 0.25) is 0 Å². The van der Waals surface area contributed by atoms with E-state index in [-0.39, 0.29) is 12.5 Å². The highest BCUT2D eigenvalue weighted by molar-refractivity contribution is 6.05. The molecule has 0 radical (unpaired) electrons. The van der Waals surface area contributed by atoms with Gasteiger partial charge in [-0.25, -0.2) is 0 Å². The van der Waals surface area contributed by atoms with Crippen LogP contribution in [0, 0.1) is 5.92 Å². The van der Waals surface area contributed by atoms with Crippen LogP contribution in [0.1, 0.15) is 30.1 Å². The molecule has 2 aromatic rings.